The minimum atomic E-state index is -0.978. The summed E-state index contributed by atoms with van der Waals surface area (Å²) in [6.07, 6.45) is 8.90. The van der Waals surface area contributed by atoms with Gasteiger partial charge >= 0.3 is 5.97 Å². The molecule has 1 fully saturated rings. The molecule has 1 unspecified atom stereocenters. The van der Waals surface area contributed by atoms with Gasteiger partial charge in [0.15, 0.2) is 0 Å². The molecule has 0 radical (unpaired) electrons. The van der Waals surface area contributed by atoms with E-state index in [4.69, 9.17) is 5.11 Å². The molecule has 0 bridgehead atoms. The number of carboxylic acid groups (broad SMARTS) is 1. The first-order valence-corrected chi connectivity index (χ1v) is 7.45. The van der Waals surface area contributed by atoms with E-state index in [1.165, 1.54) is 38.3 Å². The number of aryl methyl sites for hydroxylation is 1. The number of anilines is 1. The molecule has 1 atom stereocenters. The van der Waals surface area contributed by atoms with E-state index in [-0.39, 0.29) is 5.56 Å². The summed E-state index contributed by atoms with van der Waals surface area (Å²) in [5.74, 6) is 0.245. The van der Waals surface area contributed by atoms with Gasteiger partial charge in [-0.25, -0.2) is 14.8 Å². The van der Waals surface area contributed by atoms with Gasteiger partial charge in [0.05, 0.1) is 11.3 Å². The number of nitrogens with zero attached hydrogens (tertiary/aromatic N) is 2. The number of rotatable bonds is 5. The van der Waals surface area contributed by atoms with Crippen LogP contribution in [-0.4, -0.2) is 27.1 Å². The van der Waals surface area contributed by atoms with Crippen molar-refractivity contribution in [2.75, 3.05) is 5.32 Å². The number of hydrogen-bond acceptors (Lipinski definition) is 4. The maximum absolute atomic E-state index is 11.0. The summed E-state index contributed by atoms with van der Waals surface area (Å²) in [5.41, 5.74) is 0.676. The van der Waals surface area contributed by atoms with Gasteiger partial charge in [-0.1, -0.05) is 26.2 Å². The molecule has 1 aromatic rings. The van der Waals surface area contributed by atoms with Crippen molar-refractivity contribution in [1.29, 1.82) is 0 Å². The number of nitrogens with one attached hydrogen (secondary N) is 1. The van der Waals surface area contributed by atoms with Crippen molar-refractivity contribution in [3.8, 4) is 0 Å². The van der Waals surface area contributed by atoms with Gasteiger partial charge < -0.3 is 10.4 Å². The Bertz CT molecular complexity index is 470. The number of aromatic nitrogens is 2. The van der Waals surface area contributed by atoms with Crippen molar-refractivity contribution < 1.29 is 9.90 Å². The van der Waals surface area contributed by atoms with Gasteiger partial charge in [-0.15, -0.1) is 0 Å². The van der Waals surface area contributed by atoms with Crippen LogP contribution in [0.25, 0.3) is 0 Å². The van der Waals surface area contributed by atoms with Crippen LogP contribution in [0.5, 0.6) is 0 Å². The van der Waals surface area contributed by atoms with E-state index in [1.807, 2.05) is 0 Å². The zero-order valence-corrected chi connectivity index (χ0v) is 12.2. The van der Waals surface area contributed by atoms with E-state index in [2.05, 4.69) is 22.2 Å². The molecule has 1 aliphatic rings. The lowest BCUT2D eigenvalue weighted by atomic mass is 9.83. The first kappa shape index (κ1) is 14.8. The molecule has 110 valence electrons. The quantitative estimate of drug-likeness (QED) is 0.864. The average Bonchev–Trinajstić information content (AvgIpc) is 2.45. The van der Waals surface area contributed by atoms with Gasteiger partial charge in [-0.2, -0.15) is 0 Å². The Hall–Kier alpha value is -1.65. The molecule has 5 nitrogen and oxygen atoms in total. The van der Waals surface area contributed by atoms with Crippen molar-refractivity contribution in [3.05, 3.63) is 17.5 Å². The lowest BCUT2D eigenvalue weighted by Gasteiger charge is -2.30. The van der Waals surface area contributed by atoms with E-state index in [9.17, 15) is 4.79 Å². The van der Waals surface area contributed by atoms with Gasteiger partial charge in [0.25, 0.3) is 0 Å². The highest BCUT2D eigenvalue weighted by atomic mass is 16.4. The first-order valence-electron chi connectivity index (χ1n) is 7.45. The minimum Gasteiger partial charge on any atom is -0.478 e. The van der Waals surface area contributed by atoms with Gasteiger partial charge in [-0.05, 0) is 32.1 Å². The molecule has 2 rings (SSSR count). The third-order valence-corrected chi connectivity index (χ3v) is 4.18. The number of hydrogen-bond donors (Lipinski definition) is 2. The fraction of sp³-hybridized carbons (Fsp3) is 0.667. The van der Waals surface area contributed by atoms with Crippen LogP contribution in [0.15, 0.2) is 6.20 Å². The van der Waals surface area contributed by atoms with Crippen molar-refractivity contribution in [2.24, 2.45) is 5.92 Å². The van der Waals surface area contributed by atoms with E-state index < -0.39 is 5.97 Å². The molecule has 5 heteroatoms. The second kappa shape index (κ2) is 6.68. The monoisotopic (exact) mass is 277 g/mol. The van der Waals surface area contributed by atoms with Crippen molar-refractivity contribution in [3.63, 3.8) is 0 Å². The maximum atomic E-state index is 11.0. The third-order valence-electron chi connectivity index (χ3n) is 4.18. The molecule has 1 aromatic heterocycles. The Kier molecular flexibility index (Phi) is 4.93. The summed E-state index contributed by atoms with van der Waals surface area (Å²) >= 11 is 0. The predicted molar refractivity (Wildman–Crippen MR) is 78.0 cm³/mol. The highest BCUT2D eigenvalue weighted by molar-refractivity contribution is 5.88. The highest BCUT2D eigenvalue weighted by Gasteiger charge is 2.23. The van der Waals surface area contributed by atoms with Gasteiger partial charge in [0, 0.05) is 12.2 Å². The number of aromatic carboxylic acids is 1. The van der Waals surface area contributed by atoms with Crippen molar-refractivity contribution >= 4 is 11.9 Å². The summed E-state index contributed by atoms with van der Waals surface area (Å²) in [6.45, 7) is 3.88. The van der Waals surface area contributed by atoms with Crippen LogP contribution in [0, 0.1) is 12.8 Å². The van der Waals surface area contributed by atoms with Gasteiger partial charge in [-0.3, -0.25) is 0 Å². The Balaban J connectivity index is 2.07. The predicted octanol–water partition coefficient (Wildman–Crippen LogP) is 3.25. The van der Waals surface area contributed by atoms with Crippen LogP contribution in [0.4, 0.5) is 5.95 Å². The zero-order valence-electron chi connectivity index (χ0n) is 12.2. The smallest absolute Gasteiger partial charge is 0.339 e. The fourth-order valence-electron chi connectivity index (χ4n) is 3.00. The zero-order chi connectivity index (χ0) is 14.5. The van der Waals surface area contributed by atoms with Crippen LogP contribution in [0.3, 0.4) is 0 Å². The third kappa shape index (κ3) is 3.46. The van der Waals surface area contributed by atoms with Crippen LogP contribution in [0.2, 0.25) is 0 Å². The normalized spacial score (nSPS) is 17.7. The second-order valence-corrected chi connectivity index (χ2v) is 5.56. The van der Waals surface area contributed by atoms with E-state index in [1.54, 1.807) is 6.92 Å². The largest absolute Gasteiger partial charge is 0.478 e. The molecule has 2 N–H and O–H groups in total. The standard InChI is InChI=1S/C15H23N3O2/c1-3-13(11-7-5-4-6-8-11)18-15-16-9-12(14(19)20)10(2)17-15/h9,11,13H,3-8H2,1-2H3,(H,19,20)(H,16,17,18). The number of carbonyl (C=O) groups is 1. The first-order chi connectivity index (χ1) is 9.61. The van der Waals surface area contributed by atoms with Crippen molar-refractivity contribution in [2.45, 2.75) is 58.4 Å². The van der Waals surface area contributed by atoms with E-state index >= 15 is 0 Å². The number of carboxylic acids is 1. The Morgan fingerprint density at radius 3 is 2.70 bits per heavy atom. The minimum absolute atomic E-state index is 0.168. The second-order valence-electron chi connectivity index (χ2n) is 5.56. The molecule has 1 aliphatic carbocycles. The molecule has 0 saturated heterocycles. The Labute approximate surface area is 119 Å². The molecule has 0 spiro atoms. The maximum Gasteiger partial charge on any atom is 0.339 e. The highest BCUT2D eigenvalue weighted by Crippen LogP contribution is 2.29. The molecule has 1 saturated carbocycles. The lowest BCUT2D eigenvalue weighted by Crippen LogP contribution is -2.31. The van der Waals surface area contributed by atoms with Gasteiger partial charge in [0.2, 0.25) is 5.95 Å². The molecule has 1 heterocycles. The lowest BCUT2D eigenvalue weighted by molar-refractivity contribution is 0.0695. The van der Waals surface area contributed by atoms with Crippen molar-refractivity contribution in [1.82, 2.24) is 9.97 Å². The van der Waals surface area contributed by atoms with Crippen LogP contribution < -0.4 is 5.32 Å². The Morgan fingerprint density at radius 1 is 1.45 bits per heavy atom. The Morgan fingerprint density at radius 2 is 2.15 bits per heavy atom. The summed E-state index contributed by atoms with van der Waals surface area (Å²) in [7, 11) is 0. The summed E-state index contributed by atoms with van der Waals surface area (Å²) < 4.78 is 0. The summed E-state index contributed by atoms with van der Waals surface area (Å²) in [4.78, 5) is 19.4. The SMILES string of the molecule is CCC(Nc1ncc(C(=O)O)c(C)n1)C1CCCCC1. The molecular formula is C15H23N3O2. The fourth-order valence-corrected chi connectivity index (χ4v) is 3.00. The van der Waals surface area contributed by atoms with Crippen LogP contribution in [0.1, 0.15) is 61.5 Å². The molecule has 0 aromatic carbocycles. The molecule has 0 amide bonds. The van der Waals surface area contributed by atoms with Gasteiger partial charge in [0.1, 0.15) is 0 Å². The molecular weight excluding hydrogens is 254 g/mol. The van der Waals surface area contributed by atoms with Crippen LogP contribution in [-0.2, 0) is 0 Å². The summed E-state index contributed by atoms with van der Waals surface area (Å²) in [6, 6.07) is 0.380. The average molecular weight is 277 g/mol. The van der Waals surface area contributed by atoms with E-state index in [0.717, 1.165) is 6.42 Å². The summed E-state index contributed by atoms with van der Waals surface area (Å²) in [5, 5.41) is 12.4. The topological polar surface area (TPSA) is 75.1 Å². The molecule has 0 aliphatic heterocycles. The van der Waals surface area contributed by atoms with E-state index in [0.29, 0.717) is 23.6 Å². The van der Waals surface area contributed by atoms with Crippen LogP contribution >= 0.6 is 0 Å². The molecule has 20 heavy (non-hydrogen) atoms.